The summed E-state index contributed by atoms with van der Waals surface area (Å²) < 4.78 is 5.03. The van der Waals surface area contributed by atoms with Gasteiger partial charge in [-0.25, -0.2) is 4.79 Å². The monoisotopic (exact) mass is 313 g/mol. The molecule has 0 bridgehead atoms. The number of carbonyl (C=O) groups is 2. The normalized spacial score (nSPS) is 10.6. The second-order valence-electron chi connectivity index (χ2n) is 4.80. The van der Waals surface area contributed by atoms with Gasteiger partial charge in [0.2, 0.25) is 0 Å². The van der Waals surface area contributed by atoms with E-state index in [0.717, 1.165) is 16.5 Å². The first-order valence-electron chi connectivity index (χ1n) is 6.67. The molecule has 0 aliphatic heterocycles. The van der Waals surface area contributed by atoms with Crippen LogP contribution in [0.15, 0.2) is 54.6 Å². The number of benzene rings is 2. The predicted molar refractivity (Wildman–Crippen MR) is 83.9 cm³/mol. The number of H-pyrrole nitrogens is 1. The number of nitrogens with one attached hydrogen (secondary N) is 1. The Morgan fingerprint density at radius 3 is 2.50 bits per heavy atom. The molecular formula is C17H12ClNO3. The molecule has 3 rings (SSSR count). The minimum atomic E-state index is -0.887. The van der Waals surface area contributed by atoms with Crippen LogP contribution in [0.25, 0.3) is 10.9 Å². The second kappa shape index (κ2) is 6.03. The Balaban J connectivity index is 1.68. The molecule has 0 saturated carbocycles. The number of fused-ring (bicyclic) bond motifs is 1. The maximum atomic E-state index is 12.1. The maximum absolute atomic E-state index is 12.1. The van der Waals surface area contributed by atoms with Crippen LogP contribution in [-0.4, -0.2) is 16.7 Å². The summed E-state index contributed by atoms with van der Waals surface area (Å²) in [5.74, 6) is -1.58. The molecular weight excluding hydrogens is 302 g/mol. The highest BCUT2D eigenvalue weighted by Crippen LogP contribution is 2.16. The number of halogens is 1. The first kappa shape index (κ1) is 14.4. The maximum Gasteiger partial charge on any atom is 0.381 e. The molecule has 1 aromatic heterocycles. The van der Waals surface area contributed by atoms with Crippen molar-refractivity contribution in [1.29, 1.82) is 0 Å². The van der Waals surface area contributed by atoms with E-state index in [1.165, 1.54) is 0 Å². The third kappa shape index (κ3) is 3.02. The average Bonchev–Trinajstić information content (AvgIpc) is 2.97. The molecule has 0 saturated heterocycles. The van der Waals surface area contributed by atoms with Crippen molar-refractivity contribution in [2.24, 2.45) is 0 Å². The van der Waals surface area contributed by atoms with Crippen LogP contribution in [0, 0.1) is 0 Å². The number of rotatable bonds is 4. The molecule has 0 aliphatic carbocycles. The van der Waals surface area contributed by atoms with E-state index in [9.17, 15) is 9.59 Å². The van der Waals surface area contributed by atoms with Gasteiger partial charge in [-0.2, -0.15) is 0 Å². The number of aromatic nitrogens is 1. The van der Waals surface area contributed by atoms with Crippen molar-refractivity contribution in [1.82, 2.24) is 4.98 Å². The number of carbonyl (C=O) groups excluding carboxylic acids is 2. The number of hydrogen-bond acceptors (Lipinski definition) is 3. The predicted octanol–water partition coefficient (Wildman–Crippen LogP) is 3.75. The molecule has 2 aromatic carbocycles. The van der Waals surface area contributed by atoms with Gasteiger partial charge in [0.25, 0.3) is 5.78 Å². The number of Topliss-reactive ketones (excluding diaryl/α,β-unsaturated/α-hetero) is 1. The van der Waals surface area contributed by atoms with Crippen molar-refractivity contribution in [2.75, 3.05) is 0 Å². The average molecular weight is 314 g/mol. The van der Waals surface area contributed by atoms with Crippen molar-refractivity contribution in [3.63, 3.8) is 0 Å². The minimum Gasteiger partial charge on any atom is -0.455 e. The summed E-state index contributed by atoms with van der Waals surface area (Å²) in [6, 6.07) is 15.9. The summed E-state index contributed by atoms with van der Waals surface area (Å²) in [5.41, 5.74) is 1.79. The lowest BCUT2D eigenvalue weighted by Gasteiger charge is -2.03. The van der Waals surface area contributed by atoms with Gasteiger partial charge in [0.15, 0.2) is 0 Å². The number of ether oxygens (including phenoxy) is 1. The highest BCUT2D eigenvalue weighted by Gasteiger charge is 2.20. The molecule has 0 radical (unpaired) electrons. The summed E-state index contributed by atoms with van der Waals surface area (Å²) in [4.78, 5) is 26.8. The largest absolute Gasteiger partial charge is 0.455 e. The number of aromatic amines is 1. The van der Waals surface area contributed by atoms with Crippen molar-refractivity contribution in [2.45, 2.75) is 6.61 Å². The smallest absolute Gasteiger partial charge is 0.381 e. The SMILES string of the molecule is O=C(OCc1ccc(Cl)cc1)C(=O)c1cc2ccccc2[nH]1. The van der Waals surface area contributed by atoms with Gasteiger partial charge in [-0.1, -0.05) is 41.9 Å². The van der Waals surface area contributed by atoms with E-state index in [2.05, 4.69) is 4.98 Å². The molecule has 22 heavy (non-hydrogen) atoms. The van der Waals surface area contributed by atoms with Gasteiger partial charge in [0.1, 0.15) is 6.61 Å². The lowest BCUT2D eigenvalue weighted by Crippen LogP contribution is -2.17. The molecule has 4 nitrogen and oxygen atoms in total. The van der Waals surface area contributed by atoms with Crippen LogP contribution in [0.1, 0.15) is 16.1 Å². The molecule has 0 amide bonds. The minimum absolute atomic E-state index is 0.0297. The molecule has 1 N–H and O–H groups in total. The fourth-order valence-electron chi connectivity index (χ4n) is 2.10. The molecule has 0 aliphatic rings. The van der Waals surface area contributed by atoms with Gasteiger partial charge in [0.05, 0.1) is 5.69 Å². The van der Waals surface area contributed by atoms with Crippen molar-refractivity contribution in [3.8, 4) is 0 Å². The molecule has 0 spiro atoms. The van der Waals surface area contributed by atoms with E-state index in [0.29, 0.717) is 5.02 Å². The lowest BCUT2D eigenvalue weighted by atomic mass is 10.2. The highest BCUT2D eigenvalue weighted by molar-refractivity contribution is 6.40. The van der Waals surface area contributed by atoms with Crippen LogP contribution in [0.2, 0.25) is 5.02 Å². The summed E-state index contributed by atoms with van der Waals surface area (Å²) in [5, 5.41) is 1.47. The Morgan fingerprint density at radius 2 is 1.77 bits per heavy atom. The molecule has 0 unspecified atom stereocenters. The zero-order chi connectivity index (χ0) is 15.5. The third-order valence-corrected chi connectivity index (χ3v) is 3.50. The van der Waals surface area contributed by atoms with Crippen molar-refractivity contribution in [3.05, 3.63) is 70.9 Å². The zero-order valence-electron chi connectivity index (χ0n) is 11.5. The number of esters is 1. The van der Waals surface area contributed by atoms with Crippen LogP contribution in [-0.2, 0) is 16.1 Å². The fourth-order valence-corrected chi connectivity index (χ4v) is 2.23. The van der Waals surface area contributed by atoms with Gasteiger partial charge in [-0.3, -0.25) is 4.79 Å². The van der Waals surface area contributed by atoms with Gasteiger partial charge < -0.3 is 9.72 Å². The first-order valence-corrected chi connectivity index (χ1v) is 7.05. The van der Waals surface area contributed by atoms with Gasteiger partial charge in [-0.15, -0.1) is 0 Å². The Bertz CT molecular complexity index is 803. The number of para-hydroxylation sites is 1. The van der Waals surface area contributed by atoms with E-state index in [1.54, 1.807) is 30.3 Å². The Labute approximate surface area is 131 Å². The van der Waals surface area contributed by atoms with Crippen LogP contribution in [0.5, 0.6) is 0 Å². The quantitative estimate of drug-likeness (QED) is 0.453. The third-order valence-electron chi connectivity index (χ3n) is 3.24. The molecule has 0 fully saturated rings. The van der Waals surface area contributed by atoms with Gasteiger partial charge in [-0.05, 0) is 29.8 Å². The van der Waals surface area contributed by atoms with E-state index in [-0.39, 0.29) is 12.3 Å². The van der Waals surface area contributed by atoms with Crippen LogP contribution in [0.3, 0.4) is 0 Å². The summed E-state index contributed by atoms with van der Waals surface area (Å²) in [7, 11) is 0. The number of hydrogen-bond donors (Lipinski definition) is 1. The summed E-state index contributed by atoms with van der Waals surface area (Å²) in [6.07, 6.45) is 0. The van der Waals surface area contributed by atoms with Crippen molar-refractivity contribution < 1.29 is 14.3 Å². The molecule has 110 valence electrons. The molecule has 1 heterocycles. The lowest BCUT2D eigenvalue weighted by molar-refractivity contribution is -0.139. The Hall–Kier alpha value is -2.59. The fraction of sp³-hybridized carbons (Fsp3) is 0.0588. The summed E-state index contributed by atoms with van der Waals surface area (Å²) >= 11 is 5.78. The Kier molecular flexibility index (Phi) is 3.94. The van der Waals surface area contributed by atoms with E-state index < -0.39 is 11.8 Å². The molecule has 3 aromatic rings. The van der Waals surface area contributed by atoms with E-state index >= 15 is 0 Å². The van der Waals surface area contributed by atoms with Crippen LogP contribution < -0.4 is 0 Å². The first-order chi connectivity index (χ1) is 10.6. The van der Waals surface area contributed by atoms with Crippen molar-refractivity contribution >= 4 is 34.3 Å². The Morgan fingerprint density at radius 1 is 1.05 bits per heavy atom. The standard InChI is InChI=1S/C17H12ClNO3/c18-13-7-5-11(6-8-13)10-22-17(21)16(20)15-9-12-3-1-2-4-14(12)19-15/h1-9,19H,10H2. The van der Waals surface area contributed by atoms with E-state index in [1.807, 2.05) is 24.3 Å². The van der Waals surface area contributed by atoms with Crippen LogP contribution in [0.4, 0.5) is 0 Å². The number of ketones is 1. The zero-order valence-corrected chi connectivity index (χ0v) is 12.3. The van der Waals surface area contributed by atoms with Gasteiger partial charge in [0, 0.05) is 15.9 Å². The van der Waals surface area contributed by atoms with E-state index in [4.69, 9.17) is 16.3 Å². The molecule has 5 heteroatoms. The van der Waals surface area contributed by atoms with Gasteiger partial charge >= 0.3 is 5.97 Å². The second-order valence-corrected chi connectivity index (χ2v) is 5.24. The molecule has 0 atom stereocenters. The topological polar surface area (TPSA) is 59.2 Å². The van der Waals surface area contributed by atoms with Crippen LogP contribution >= 0.6 is 11.6 Å². The highest BCUT2D eigenvalue weighted by atomic mass is 35.5. The summed E-state index contributed by atoms with van der Waals surface area (Å²) in [6.45, 7) is 0.0297.